The topological polar surface area (TPSA) is 69.3 Å². The maximum Gasteiger partial charge on any atom is 0.258 e. The number of fused-ring (bicyclic) bond motifs is 1. The fourth-order valence-electron chi connectivity index (χ4n) is 3.44. The van der Waals surface area contributed by atoms with Crippen molar-refractivity contribution in [2.75, 3.05) is 11.9 Å². The Morgan fingerprint density at radius 1 is 1.03 bits per heavy atom. The van der Waals surface area contributed by atoms with Crippen LogP contribution in [-0.2, 0) is 6.42 Å². The highest BCUT2D eigenvalue weighted by molar-refractivity contribution is 6.10. The summed E-state index contributed by atoms with van der Waals surface area (Å²) in [6.45, 7) is 2.33. The quantitative estimate of drug-likeness (QED) is 0.316. The van der Waals surface area contributed by atoms with E-state index in [4.69, 9.17) is 0 Å². The second-order valence-corrected chi connectivity index (χ2v) is 7.24. The van der Waals surface area contributed by atoms with Crippen LogP contribution in [0.25, 0.3) is 10.9 Å². The number of carbonyl (C=O) groups excluding carboxylic acids is 1. The van der Waals surface area contributed by atoms with E-state index in [1.165, 1.54) is 12.1 Å². The van der Waals surface area contributed by atoms with Crippen LogP contribution in [0.2, 0.25) is 0 Å². The minimum absolute atomic E-state index is 0.271. The summed E-state index contributed by atoms with van der Waals surface area (Å²) < 4.78 is 13.6. The summed E-state index contributed by atoms with van der Waals surface area (Å²) in [6.07, 6.45) is 2.67. The zero-order chi connectivity index (χ0) is 21.6. The smallest absolute Gasteiger partial charge is 0.258 e. The van der Waals surface area contributed by atoms with Crippen LogP contribution in [0.3, 0.4) is 0 Å². The summed E-state index contributed by atoms with van der Waals surface area (Å²) in [5.74, 6) is -0.361. The summed E-state index contributed by atoms with van der Waals surface area (Å²) in [4.78, 5) is 20.6. The molecule has 1 heterocycles. The van der Waals surface area contributed by atoms with Gasteiger partial charge >= 0.3 is 0 Å². The van der Waals surface area contributed by atoms with Crippen LogP contribution in [0.5, 0.6) is 0 Å². The van der Waals surface area contributed by atoms with E-state index in [1.807, 2.05) is 49.5 Å². The van der Waals surface area contributed by atoms with Crippen molar-refractivity contribution < 1.29 is 9.18 Å². The van der Waals surface area contributed by atoms with Crippen molar-refractivity contribution in [3.05, 3.63) is 102 Å². The molecule has 0 radical (unpaired) electrons. The number of aryl methyl sites for hydroxylation is 1. The van der Waals surface area contributed by atoms with E-state index < -0.39 is 0 Å². The predicted octanol–water partition coefficient (Wildman–Crippen LogP) is 5.06. The summed E-state index contributed by atoms with van der Waals surface area (Å²) in [6, 6.07) is 21.5. The number of aliphatic imine (C=N–C) groups is 1. The number of anilines is 1. The second-order valence-electron chi connectivity index (χ2n) is 7.24. The van der Waals surface area contributed by atoms with E-state index >= 15 is 0 Å². The number of hydrogen-bond acceptors (Lipinski definition) is 2. The number of guanidine groups is 1. The summed E-state index contributed by atoms with van der Waals surface area (Å²) in [5, 5.41) is 7.01. The molecule has 3 aromatic carbocycles. The van der Waals surface area contributed by atoms with Crippen molar-refractivity contribution in [2.45, 2.75) is 13.3 Å². The van der Waals surface area contributed by atoms with Gasteiger partial charge in [-0.25, -0.2) is 4.39 Å². The fraction of sp³-hybridized carbons (Fsp3) is 0.120. The van der Waals surface area contributed by atoms with E-state index in [0.29, 0.717) is 24.2 Å². The molecule has 5 nitrogen and oxygen atoms in total. The minimum atomic E-state index is -0.367. The molecule has 1 aromatic heterocycles. The zero-order valence-corrected chi connectivity index (χ0v) is 17.2. The van der Waals surface area contributed by atoms with Crippen molar-refractivity contribution in [1.82, 2.24) is 10.3 Å². The number of nitrogens with zero attached hydrogens (tertiary/aromatic N) is 1. The number of aromatic nitrogens is 1. The molecule has 0 unspecified atom stereocenters. The minimum Gasteiger partial charge on any atom is -0.361 e. The van der Waals surface area contributed by atoms with Crippen LogP contribution >= 0.6 is 0 Å². The molecule has 156 valence electrons. The number of carbonyl (C=O) groups is 1. The fourth-order valence-corrected chi connectivity index (χ4v) is 3.44. The third-order valence-corrected chi connectivity index (χ3v) is 5.03. The molecule has 4 rings (SSSR count). The molecule has 0 aliphatic carbocycles. The number of para-hydroxylation sites is 1. The first-order valence-corrected chi connectivity index (χ1v) is 10.1. The average molecular weight is 414 g/mol. The second kappa shape index (κ2) is 9.26. The van der Waals surface area contributed by atoms with Gasteiger partial charge in [0.25, 0.3) is 5.91 Å². The van der Waals surface area contributed by atoms with E-state index in [2.05, 4.69) is 26.7 Å². The number of nitrogens with one attached hydrogen (secondary N) is 3. The lowest BCUT2D eigenvalue weighted by Gasteiger charge is -2.13. The highest BCUT2D eigenvalue weighted by atomic mass is 19.1. The van der Waals surface area contributed by atoms with E-state index in [9.17, 15) is 9.18 Å². The molecule has 0 fully saturated rings. The first kappa shape index (κ1) is 20.3. The highest BCUT2D eigenvalue weighted by Crippen LogP contribution is 2.18. The number of benzene rings is 3. The molecular weight excluding hydrogens is 391 g/mol. The Hall–Kier alpha value is -3.93. The van der Waals surface area contributed by atoms with Crippen molar-refractivity contribution in [1.29, 1.82) is 0 Å². The summed E-state index contributed by atoms with van der Waals surface area (Å²) in [7, 11) is 0. The molecular formula is C25H23FN4O. The van der Waals surface area contributed by atoms with Crippen molar-refractivity contribution >= 4 is 28.5 Å². The molecule has 0 spiro atoms. The first-order chi connectivity index (χ1) is 15.1. The molecule has 3 N–H and O–H groups in total. The SMILES string of the molecule is Cc1ccccc1C(=O)NC(=NCCc1c[nH]c2ccccc12)Nc1cccc(F)c1. The molecule has 0 bridgehead atoms. The Labute approximate surface area is 180 Å². The van der Waals surface area contributed by atoms with Crippen LogP contribution in [0, 0.1) is 12.7 Å². The van der Waals surface area contributed by atoms with Gasteiger partial charge in [-0.05, 0) is 54.8 Å². The predicted molar refractivity (Wildman–Crippen MR) is 123 cm³/mol. The maximum atomic E-state index is 13.6. The number of amides is 1. The number of rotatable bonds is 5. The summed E-state index contributed by atoms with van der Waals surface area (Å²) >= 11 is 0. The number of H-pyrrole nitrogens is 1. The number of hydrogen-bond donors (Lipinski definition) is 3. The Bertz CT molecular complexity index is 1250. The van der Waals surface area contributed by atoms with Gasteiger partial charge in [-0.15, -0.1) is 0 Å². The monoisotopic (exact) mass is 414 g/mol. The lowest BCUT2D eigenvalue weighted by molar-refractivity contribution is 0.0976. The molecule has 0 saturated carbocycles. The van der Waals surface area contributed by atoms with Gasteiger partial charge in [-0.2, -0.15) is 0 Å². The molecule has 0 aliphatic heterocycles. The molecule has 0 aliphatic rings. The van der Waals surface area contributed by atoms with Gasteiger partial charge in [0.1, 0.15) is 5.82 Å². The van der Waals surface area contributed by atoms with E-state index in [1.54, 1.807) is 18.2 Å². The standard InChI is InChI=1S/C25H23FN4O/c1-17-7-2-3-10-21(17)24(31)30-25(29-20-9-6-8-19(26)15-20)27-14-13-18-16-28-23-12-5-4-11-22(18)23/h2-12,15-16,28H,13-14H2,1H3,(H2,27,29,30,31). The van der Waals surface area contributed by atoms with Crippen LogP contribution in [0.4, 0.5) is 10.1 Å². The maximum absolute atomic E-state index is 13.6. The molecule has 0 atom stereocenters. The first-order valence-electron chi connectivity index (χ1n) is 10.1. The Kier molecular flexibility index (Phi) is 6.08. The normalized spacial score (nSPS) is 11.5. The third-order valence-electron chi connectivity index (χ3n) is 5.03. The van der Waals surface area contributed by atoms with Gasteiger partial charge in [0.05, 0.1) is 0 Å². The Balaban J connectivity index is 1.53. The number of halogens is 1. The summed E-state index contributed by atoms with van der Waals surface area (Å²) in [5.41, 5.74) is 4.16. The van der Waals surface area contributed by atoms with Crippen LogP contribution in [-0.4, -0.2) is 23.4 Å². The van der Waals surface area contributed by atoms with Crippen LogP contribution in [0.1, 0.15) is 21.5 Å². The van der Waals surface area contributed by atoms with Crippen molar-refractivity contribution in [3.8, 4) is 0 Å². The van der Waals surface area contributed by atoms with Crippen LogP contribution in [0.15, 0.2) is 84.0 Å². The van der Waals surface area contributed by atoms with Gasteiger partial charge in [-0.1, -0.05) is 42.5 Å². The average Bonchev–Trinajstić information content (AvgIpc) is 3.17. The molecule has 31 heavy (non-hydrogen) atoms. The lowest BCUT2D eigenvalue weighted by atomic mass is 10.1. The van der Waals surface area contributed by atoms with Crippen molar-refractivity contribution in [2.24, 2.45) is 4.99 Å². The van der Waals surface area contributed by atoms with E-state index in [-0.39, 0.29) is 17.7 Å². The molecule has 1 amide bonds. The van der Waals surface area contributed by atoms with Gasteiger partial charge in [0.15, 0.2) is 0 Å². The van der Waals surface area contributed by atoms with Crippen LogP contribution < -0.4 is 10.6 Å². The molecule has 0 saturated heterocycles. The van der Waals surface area contributed by atoms with Gasteiger partial charge < -0.3 is 10.3 Å². The third kappa shape index (κ3) is 4.98. The largest absolute Gasteiger partial charge is 0.361 e. The molecule has 4 aromatic rings. The molecule has 6 heteroatoms. The van der Waals surface area contributed by atoms with Gasteiger partial charge in [-0.3, -0.25) is 15.1 Å². The van der Waals surface area contributed by atoms with Crippen molar-refractivity contribution in [3.63, 3.8) is 0 Å². The van der Waals surface area contributed by atoms with Gasteiger partial charge in [0.2, 0.25) is 5.96 Å². The number of aromatic amines is 1. The van der Waals surface area contributed by atoms with Gasteiger partial charge in [0, 0.05) is 34.9 Å². The Morgan fingerprint density at radius 3 is 2.68 bits per heavy atom. The Morgan fingerprint density at radius 2 is 1.84 bits per heavy atom. The lowest BCUT2D eigenvalue weighted by Crippen LogP contribution is -2.36. The van der Waals surface area contributed by atoms with E-state index in [0.717, 1.165) is 22.0 Å². The zero-order valence-electron chi connectivity index (χ0n) is 17.2. The highest BCUT2D eigenvalue weighted by Gasteiger charge is 2.12.